The van der Waals surface area contributed by atoms with Gasteiger partial charge in [0.05, 0.1) is 6.07 Å². The zero-order valence-corrected chi connectivity index (χ0v) is 10.8. The molecule has 2 unspecified atom stereocenters. The second-order valence-electron chi connectivity index (χ2n) is 4.39. The van der Waals surface area contributed by atoms with E-state index in [2.05, 4.69) is 33.5 Å². The Bertz CT molecular complexity index is 385. The fourth-order valence-electron chi connectivity index (χ4n) is 2.18. The molecule has 2 atom stereocenters. The highest BCUT2D eigenvalue weighted by Crippen LogP contribution is 2.38. The van der Waals surface area contributed by atoms with Gasteiger partial charge in [-0.25, -0.2) is 4.98 Å². The van der Waals surface area contributed by atoms with Gasteiger partial charge in [0.15, 0.2) is 5.16 Å². The summed E-state index contributed by atoms with van der Waals surface area (Å²) in [6.07, 6.45) is 5.44. The number of hydrogen-bond donors (Lipinski definition) is 2. The van der Waals surface area contributed by atoms with Gasteiger partial charge in [0.25, 0.3) is 0 Å². The van der Waals surface area contributed by atoms with Crippen LogP contribution in [0.1, 0.15) is 32.6 Å². The molecule has 1 heterocycles. The number of aromatic nitrogens is 3. The molecule has 0 radical (unpaired) electrons. The molecule has 0 saturated heterocycles. The highest BCUT2D eigenvalue weighted by molar-refractivity contribution is 7.99. The van der Waals surface area contributed by atoms with Crippen molar-refractivity contribution in [2.75, 3.05) is 6.54 Å². The summed E-state index contributed by atoms with van der Waals surface area (Å²) in [5, 5.41) is 20.7. The Labute approximate surface area is 105 Å². The monoisotopic (exact) mass is 251 g/mol. The Hall–Kier alpha value is -1.06. The van der Waals surface area contributed by atoms with Crippen molar-refractivity contribution in [2.24, 2.45) is 0 Å². The molecule has 2 rings (SSSR count). The third kappa shape index (κ3) is 2.99. The molecule has 0 bridgehead atoms. The van der Waals surface area contributed by atoms with E-state index in [0.717, 1.165) is 37.4 Å². The zero-order chi connectivity index (χ0) is 12.1. The molecule has 1 saturated carbocycles. The summed E-state index contributed by atoms with van der Waals surface area (Å²) in [5.41, 5.74) is -0.326. The fraction of sp³-hybridized carbons (Fsp3) is 0.727. The summed E-state index contributed by atoms with van der Waals surface area (Å²) >= 11 is 1.69. The normalized spacial score (nSPS) is 28.1. The van der Waals surface area contributed by atoms with E-state index in [9.17, 15) is 5.26 Å². The Kier molecular flexibility index (Phi) is 4.02. The second-order valence-corrected chi connectivity index (χ2v) is 5.68. The first kappa shape index (κ1) is 12.4. The average Bonchev–Trinajstić information content (AvgIpc) is 2.98. The molecule has 1 aliphatic carbocycles. The molecule has 0 spiro atoms. The van der Waals surface area contributed by atoms with E-state index in [4.69, 9.17) is 0 Å². The Morgan fingerprint density at radius 3 is 3.29 bits per heavy atom. The van der Waals surface area contributed by atoms with Crippen LogP contribution >= 0.6 is 11.8 Å². The maximum absolute atomic E-state index is 9.33. The number of thioether (sulfide) groups is 1. The highest BCUT2D eigenvalue weighted by Gasteiger charge is 2.39. The van der Waals surface area contributed by atoms with E-state index >= 15 is 0 Å². The minimum atomic E-state index is -0.326. The molecule has 92 valence electrons. The van der Waals surface area contributed by atoms with Crippen molar-refractivity contribution >= 4 is 11.8 Å². The predicted molar refractivity (Wildman–Crippen MR) is 66.5 cm³/mol. The topological polar surface area (TPSA) is 77.4 Å². The molecule has 0 aromatic carbocycles. The van der Waals surface area contributed by atoms with Gasteiger partial charge < -0.3 is 0 Å². The molecule has 1 fully saturated rings. The van der Waals surface area contributed by atoms with Crippen LogP contribution in [0.2, 0.25) is 0 Å². The van der Waals surface area contributed by atoms with Crippen LogP contribution in [0, 0.1) is 11.3 Å². The molecule has 17 heavy (non-hydrogen) atoms. The summed E-state index contributed by atoms with van der Waals surface area (Å²) in [5.74, 6) is 0. The molecule has 2 N–H and O–H groups in total. The summed E-state index contributed by atoms with van der Waals surface area (Å²) in [7, 11) is 0. The highest BCUT2D eigenvalue weighted by atomic mass is 32.2. The minimum Gasteiger partial charge on any atom is -0.299 e. The van der Waals surface area contributed by atoms with Crippen LogP contribution in [0.4, 0.5) is 0 Å². The lowest BCUT2D eigenvalue weighted by Crippen LogP contribution is -2.42. The number of H-pyrrole nitrogens is 1. The summed E-state index contributed by atoms with van der Waals surface area (Å²) in [6, 6.07) is 2.45. The predicted octanol–water partition coefficient (Wildman–Crippen LogP) is 1.71. The molecular weight excluding hydrogens is 234 g/mol. The van der Waals surface area contributed by atoms with E-state index in [0.29, 0.717) is 5.25 Å². The molecule has 0 aliphatic heterocycles. The Morgan fingerprint density at radius 1 is 1.76 bits per heavy atom. The molecule has 0 amide bonds. The van der Waals surface area contributed by atoms with Crippen molar-refractivity contribution < 1.29 is 0 Å². The Morgan fingerprint density at radius 2 is 2.65 bits per heavy atom. The fourth-order valence-corrected chi connectivity index (χ4v) is 3.31. The van der Waals surface area contributed by atoms with Crippen LogP contribution in [0.15, 0.2) is 11.5 Å². The van der Waals surface area contributed by atoms with Gasteiger partial charge in [0.1, 0.15) is 11.9 Å². The number of hydrogen-bond acceptors (Lipinski definition) is 5. The quantitative estimate of drug-likeness (QED) is 0.833. The molecular formula is C11H17N5S. The van der Waals surface area contributed by atoms with Crippen molar-refractivity contribution in [3.05, 3.63) is 6.33 Å². The van der Waals surface area contributed by atoms with Crippen molar-refractivity contribution in [2.45, 2.75) is 48.6 Å². The van der Waals surface area contributed by atoms with E-state index < -0.39 is 0 Å². The third-order valence-electron chi connectivity index (χ3n) is 3.07. The van der Waals surface area contributed by atoms with Crippen molar-refractivity contribution in [3.8, 4) is 6.07 Å². The van der Waals surface area contributed by atoms with Crippen LogP contribution in [0.5, 0.6) is 0 Å². The van der Waals surface area contributed by atoms with Gasteiger partial charge in [-0.3, -0.25) is 10.4 Å². The molecule has 6 heteroatoms. The summed E-state index contributed by atoms with van der Waals surface area (Å²) < 4.78 is 0. The van der Waals surface area contributed by atoms with Gasteiger partial charge in [-0.05, 0) is 32.2 Å². The first-order valence-electron chi connectivity index (χ1n) is 5.96. The largest absolute Gasteiger partial charge is 0.299 e. The van der Waals surface area contributed by atoms with Crippen LogP contribution in [0.3, 0.4) is 0 Å². The van der Waals surface area contributed by atoms with Crippen molar-refractivity contribution in [1.29, 1.82) is 5.26 Å². The minimum absolute atomic E-state index is 0.326. The van der Waals surface area contributed by atoms with E-state index in [1.807, 2.05) is 0 Å². The molecule has 5 nitrogen and oxygen atoms in total. The third-order valence-corrected chi connectivity index (χ3v) is 4.22. The van der Waals surface area contributed by atoms with Gasteiger partial charge in [-0.2, -0.15) is 10.4 Å². The van der Waals surface area contributed by atoms with Crippen LogP contribution in [0.25, 0.3) is 0 Å². The van der Waals surface area contributed by atoms with Gasteiger partial charge in [-0.15, -0.1) is 0 Å². The van der Waals surface area contributed by atoms with Crippen molar-refractivity contribution in [1.82, 2.24) is 20.5 Å². The van der Waals surface area contributed by atoms with Gasteiger partial charge in [0.2, 0.25) is 0 Å². The first-order valence-corrected chi connectivity index (χ1v) is 6.84. The maximum Gasteiger partial charge on any atom is 0.183 e. The number of rotatable bonds is 5. The van der Waals surface area contributed by atoms with Gasteiger partial charge in [-0.1, -0.05) is 18.7 Å². The van der Waals surface area contributed by atoms with E-state index in [-0.39, 0.29) is 5.54 Å². The second kappa shape index (κ2) is 5.52. The number of nitrogens with zero attached hydrogens (tertiary/aromatic N) is 3. The average molecular weight is 251 g/mol. The lowest BCUT2D eigenvalue weighted by molar-refractivity contribution is 0.424. The lowest BCUT2D eigenvalue weighted by atomic mass is 10.00. The van der Waals surface area contributed by atoms with Crippen LogP contribution < -0.4 is 5.32 Å². The van der Waals surface area contributed by atoms with Gasteiger partial charge >= 0.3 is 0 Å². The summed E-state index contributed by atoms with van der Waals surface area (Å²) in [4.78, 5) is 4.11. The smallest absolute Gasteiger partial charge is 0.183 e. The maximum atomic E-state index is 9.33. The van der Waals surface area contributed by atoms with Gasteiger partial charge in [0, 0.05) is 5.25 Å². The number of nitrogens with one attached hydrogen (secondary N) is 2. The van der Waals surface area contributed by atoms with Crippen LogP contribution in [-0.4, -0.2) is 32.5 Å². The molecule has 1 aliphatic rings. The molecule has 1 aromatic rings. The number of nitriles is 1. The van der Waals surface area contributed by atoms with E-state index in [1.54, 1.807) is 11.8 Å². The van der Waals surface area contributed by atoms with Crippen LogP contribution in [-0.2, 0) is 0 Å². The standard InChI is InChI=1S/C11H17N5S/c1-2-5-14-11(7-12)4-3-9(6-11)17-10-13-8-15-16-10/h8-9,14H,2-6H2,1H3,(H,13,15,16). The molecule has 1 aromatic heterocycles. The van der Waals surface area contributed by atoms with E-state index in [1.165, 1.54) is 6.33 Å². The summed E-state index contributed by atoms with van der Waals surface area (Å²) in [6.45, 7) is 3.03. The zero-order valence-electron chi connectivity index (χ0n) is 9.94. The van der Waals surface area contributed by atoms with Crippen molar-refractivity contribution in [3.63, 3.8) is 0 Å². The lowest BCUT2D eigenvalue weighted by Gasteiger charge is -2.22. The Balaban J connectivity index is 1.91. The number of aromatic amines is 1. The first-order chi connectivity index (χ1) is 8.28. The SMILES string of the molecule is CCCNC1(C#N)CCC(Sc2ncn[nH]2)C1.